The number of nitrogens with zero attached hydrogens (tertiary/aromatic N) is 4. The fourth-order valence-electron chi connectivity index (χ4n) is 3.09. The molecule has 0 fully saturated rings. The summed E-state index contributed by atoms with van der Waals surface area (Å²) in [5.41, 5.74) is 4.64. The number of oxazole rings is 1. The van der Waals surface area contributed by atoms with Gasteiger partial charge in [-0.3, -0.25) is 9.58 Å². The molecule has 3 aromatic rings. The first kappa shape index (κ1) is 18.9. The van der Waals surface area contributed by atoms with Crippen LogP contribution in [0, 0.1) is 27.7 Å². The number of hydrogen-bond acceptors (Lipinski definition) is 5. The molecule has 140 valence electrons. The lowest BCUT2D eigenvalue weighted by molar-refractivity contribution is 0.199. The van der Waals surface area contributed by atoms with Crippen LogP contribution in [-0.2, 0) is 20.1 Å². The van der Waals surface area contributed by atoms with Crippen molar-refractivity contribution in [1.82, 2.24) is 19.7 Å². The van der Waals surface area contributed by atoms with Gasteiger partial charge in [0.2, 0.25) is 5.89 Å². The second-order valence-corrected chi connectivity index (χ2v) is 8.49. The molecule has 3 rings (SSSR count). The molecule has 0 spiro atoms. The second-order valence-electron chi connectivity index (χ2n) is 7.20. The highest BCUT2D eigenvalue weighted by Gasteiger charge is 2.20. The zero-order valence-electron chi connectivity index (χ0n) is 16.8. The Balaban J connectivity index is 1.83. The highest BCUT2D eigenvalue weighted by Crippen LogP contribution is 2.29. The molecule has 3 heterocycles. The summed E-state index contributed by atoms with van der Waals surface area (Å²) in [6.45, 7) is 14.4. The van der Waals surface area contributed by atoms with E-state index in [1.165, 1.54) is 16.1 Å². The molecule has 0 N–H and O–H groups in total. The predicted molar refractivity (Wildman–Crippen MR) is 106 cm³/mol. The van der Waals surface area contributed by atoms with E-state index in [-0.39, 0.29) is 0 Å². The average Bonchev–Trinajstić information content (AvgIpc) is 3.21. The topological polar surface area (TPSA) is 47.1 Å². The summed E-state index contributed by atoms with van der Waals surface area (Å²) in [5, 5.41) is 4.55. The van der Waals surface area contributed by atoms with Gasteiger partial charge in [0.15, 0.2) is 0 Å². The third-order valence-electron chi connectivity index (χ3n) is 4.95. The Morgan fingerprint density at radius 3 is 2.42 bits per heavy atom. The summed E-state index contributed by atoms with van der Waals surface area (Å²) in [4.78, 5) is 9.57. The minimum absolute atomic E-state index is 0.400. The van der Waals surface area contributed by atoms with Gasteiger partial charge in [0.25, 0.3) is 0 Å². The lowest BCUT2D eigenvalue weighted by atomic mass is 10.1. The minimum Gasteiger partial charge on any atom is -0.440 e. The molecule has 0 unspecified atom stereocenters. The van der Waals surface area contributed by atoms with Crippen molar-refractivity contribution in [3.8, 4) is 10.8 Å². The van der Waals surface area contributed by atoms with Crippen molar-refractivity contribution in [3.63, 3.8) is 0 Å². The molecule has 0 aromatic carbocycles. The van der Waals surface area contributed by atoms with Crippen LogP contribution < -0.4 is 0 Å². The van der Waals surface area contributed by atoms with Crippen LogP contribution >= 0.6 is 11.3 Å². The fraction of sp³-hybridized carbons (Fsp3) is 0.500. The molecule has 0 saturated heterocycles. The molecule has 0 aliphatic heterocycles. The van der Waals surface area contributed by atoms with Crippen molar-refractivity contribution in [2.45, 2.75) is 60.7 Å². The van der Waals surface area contributed by atoms with Crippen LogP contribution in [0.2, 0.25) is 0 Å². The summed E-state index contributed by atoms with van der Waals surface area (Å²) in [6, 6.07) is 4.59. The van der Waals surface area contributed by atoms with E-state index in [0.29, 0.717) is 6.04 Å². The van der Waals surface area contributed by atoms with Gasteiger partial charge < -0.3 is 4.42 Å². The lowest BCUT2D eigenvalue weighted by Crippen LogP contribution is -2.30. The van der Waals surface area contributed by atoms with Crippen molar-refractivity contribution in [2.24, 2.45) is 7.05 Å². The van der Waals surface area contributed by atoms with Crippen LogP contribution in [0.15, 0.2) is 16.5 Å². The molecule has 0 amide bonds. The number of aryl methyl sites for hydroxylation is 4. The molecular weight excluding hydrogens is 344 g/mol. The van der Waals surface area contributed by atoms with Gasteiger partial charge >= 0.3 is 0 Å². The Bertz CT molecular complexity index is 903. The zero-order chi connectivity index (χ0) is 19.0. The predicted octanol–water partition coefficient (Wildman–Crippen LogP) is 4.78. The smallest absolute Gasteiger partial charge is 0.236 e. The fourth-order valence-corrected chi connectivity index (χ4v) is 3.89. The summed E-state index contributed by atoms with van der Waals surface area (Å²) < 4.78 is 7.91. The normalized spacial score (nSPS) is 11.9. The monoisotopic (exact) mass is 372 g/mol. The molecule has 0 aliphatic rings. The summed E-state index contributed by atoms with van der Waals surface area (Å²) in [6.07, 6.45) is 0. The number of thiophene rings is 1. The van der Waals surface area contributed by atoms with Gasteiger partial charge in [-0.1, -0.05) is 0 Å². The van der Waals surface area contributed by atoms with Crippen LogP contribution in [0.5, 0.6) is 0 Å². The molecule has 0 bridgehead atoms. The molecule has 0 aliphatic carbocycles. The lowest BCUT2D eigenvalue weighted by Gasteiger charge is -2.26. The van der Waals surface area contributed by atoms with E-state index in [9.17, 15) is 0 Å². The number of aromatic nitrogens is 3. The zero-order valence-corrected chi connectivity index (χ0v) is 17.6. The van der Waals surface area contributed by atoms with E-state index in [2.05, 4.69) is 56.8 Å². The molecule has 6 heteroatoms. The van der Waals surface area contributed by atoms with Crippen LogP contribution in [0.4, 0.5) is 0 Å². The van der Waals surface area contributed by atoms with Gasteiger partial charge in [0.1, 0.15) is 5.76 Å². The van der Waals surface area contributed by atoms with Crippen molar-refractivity contribution < 1.29 is 4.42 Å². The highest BCUT2D eigenvalue weighted by molar-refractivity contribution is 7.15. The maximum absolute atomic E-state index is 5.95. The Morgan fingerprint density at radius 1 is 1.15 bits per heavy atom. The first-order valence-electron chi connectivity index (χ1n) is 9.02. The van der Waals surface area contributed by atoms with Crippen molar-refractivity contribution in [2.75, 3.05) is 0 Å². The van der Waals surface area contributed by atoms with Crippen LogP contribution in [0.3, 0.4) is 0 Å². The van der Waals surface area contributed by atoms with Crippen LogP contribution in [-0.4, -0.2) is 25.7 Å². The van der Waals surface area contributed by atoms with Crippen molar-refractivity contribution in [1.29, 1.82) is 0 Å². The van der Waals surface area contributed by atoms with E-state index >= 15 is 0 Å². The van der Waals surface area contributed by atoms with E-state index < -0.39 is 0 Å². The Kier molecular flexibility index (Phi) is 5.34. The molecule has 5 nitrogen and oxygen atoms in total. The van der Waals surface area contributed by atoms with Gasteiger partial charge in [-0.15, -0.1) is 11.3 Å². The quantitative estimate of drug-likeness (QED) is 0.625. The van der Waals surface area contributed by atoms with E-state index in [1.807, 2.05) is 18.7 Å². The molecule has 0 radical (unpaired) electrons. The van der Waals surface area contributed by atoms with Crippen LogP contribution in [0.1, 0.15) is 47.1 Å². The second kappa shape index (κ2) is 7.37. The Morgan fingerprint density at radius 2 is 1.88 bits per heavy atom. The third kappa shape index (κ3) is 3.76. The largest absolute Gasteiger partial charge is 0.440 e. The Hall–Kier alpha value is -1.92. The van der Waals surface area contributed by atoms with E-state index in [1.54, 1.807) is 11.3 Å². The highest BCUT2D eigenvalue weighted by atomic mass is 32.1. The van der Waals surface area contributed by atoms with Gasteiger partial charge in [0.05, 0.1) is 16.3 Å². The first-order valence-corrected chi connectivity index (χ1v) is 9.84. The average molecular weight is 373 g/mol. The summed E-state index contributed by atoms with van der Waals surface area (Å²) in [5.74, 6) is 1.63. The van der Waals surface area contributed by atoms with E-state index in [0.717, 1.165) is 41.0 Å². The standard InChI is InChI=1S/C20H28N4OS/c1-12(2)24(10-17-14(4)22-23(7)15(17)5)11-18-16(6)25-20(21-18)19-9-8-13(3)26-19/h8-9,12H,10-11H2,1-7H3. The molecule has 0 saturated carbocycles. The maximum atomic E-state index is 5.95. The maximum Gasteiger partial charge on any atom is 0.236 e. The SMILES string of the molecule is Cc1ccc(-c2nc(CN(Cc3c(C)nn(C)c3C)C(C)C)c(C)o2)s1. The molecule has 26 heavy (non-hydrogen) atoms. The van der Waals surface area contributed by atoms with Gasteiger partial charge in [-0.05, 0) is 53.7 Å². The summed E-state index contributed by atoms with van der Waals surface area (Å²) >= 11 is 1.72. The van der Waals surface area contributed by atoms with Crippen molar-refractivity contribution in [3.05, 3.63) is 45.4 Å². The van der Waals surface area contributed by atoms with E-state index in [4.69, 9.17) is 9.40 Å². The van der Waals surface area contributed by atoms with Gasteiger partial charge in [0, 0.05) is 42.3 Å². The Labute approximate surface area is 159 Å². The number of rotatable bonds is 6. The number of hydrogen-bond donors (Lipinski definition) is 0. The van der Waals surface area contributed by atoms with Gasteiger partial charge in [-0.2, -0.15) is 5.10 Å². The van der Waals surface area contributed by atoms with Gasteiger partial charge in [-0.25, -0.2) is 4.98 Å². The van der Waals surface area contributed by atoms with Crippen molar-refractivity contribution >= 4 is 11.3 Å². The summed E-state index contributed by atoms with van der Waals surface area (Å²) in [7, 11) is 2.00. The first-order chi connectivity index (χ1) is 12.3. The molecule has 3 aromatic heterocycles. The molecular formula is C20H28N4OS. The minimum atomic E-state index is 0.400. The van der Waals surface area contributed by atoms with Crippen LogP contribution in [0.25, 0.3) is 10.8 Å². The third-order valence-corrected chi connectivity index (χ3v) is 5.94. The molecule has 0 atom stereocenters.